The fourth-order valence-electron chi connectivity index (χ4n) is 1.64. The van der Waals surface area contributed by atoms with E-state index in [9.17, 15) is 23.1 Å². The minimum absolute atomic E-state index is 0.00321. The number of nitrogens with zero attached hydrogens (tertiary/aromatic N) is 1. The first kappa shape index (κ1) is 15.3. The molecule has 0 bridgehead atoms. The molecule has 0 radical (unpaired) electrons. The van der Waals surface area contributed by atoms with Gasteiger partial charge in [0, 0.05) is 11.6 Å². The fourth-order valence-corrected chi connectivity index (χ4v) is 1.64. The summed E-state index contributed by atoms with van der Waals surface area (Å²) in [5, 5.41) is 9.35. The van der Waals surface area contributed by atoms with Crippen molar-refractivity contribution in [1.29, 1.82) is 0 Å². The normalized spacial score (nSPS) is 11.7. The van der Waals surface area contributed by atoms with Gasteiger partial charge in [-0.2, -0.15) is 13.2 Å². The van der Waals surface area contributed by atoms with Gasteiger partial charge in [0.2, 0.25) is 0 Å². The molecule has 0 aliphatic carbocycles. The molecule has 0 saturated heterocycles. The molecule has 0 heterocycles. The van der Waals surface area contributed by atoms with Crippen LogP contribution in [0.25, 0.3) is 0 Å². The number of benzene rings is 1. The largest absolute Gasteiger partial charge is 0.508 e. The molecule has 0 saturated carbocycles. The van der Waals surface area contributed by atoms with E-state index in [2.05, 4.69) is 0 Å². The van der Waals surface area contributed by atoms with Crippen LogP contribution < -0.4 is 0 Å². The number of hydrogen-bond acceptors (Lipinski definition) is 2. The number of amides is 1. The van der Waals surface area contributed by atoms with E-state index in [1.54, 1.807) is 6.92 Å². The highest BCUT2D eigenvalue weighted by molar-refractivity contribution is 5.94. The van der Waals surface area contributed by atoms with Gasteiger partial charge in [0.25, 0.3) is 5.91 Å². The van der Waals surface area contributed by atoms with Crippen molar-refractivity contribution in [3.05, 3.63) is 29.3 Å². The third-order valence-electron chi connectivity index (χ3n) is 2.68. The summed E-state index contributed by atoms with van der Waals surface area (Å²) in [5.41, 5.74) is 0.579. The lowest BCUT2D eigenvalue weighted by Crippen LogP contribution is -2.43. The Labute approximate surface area is 109 Å². The van der Waals surface area contributed by atoms with Crippen molar-refractivity contribution in [3.63, 3.8) is 0 Å². The molecule has 1 rings (SSSR count). The van der Waals surface area contributed by atoms with E-state index < -0.39 is 24.7 Å². The standard InChI is InChI=1S/C13H16F3NO2/c1-8(2)17(7-13(14,15)16)12(19)10-4-5-11(18)9(3)6-10/h4-6,8,18H,7H2,1-3H3. The van der Waals surface area contributed by atoms with Crippen LogP contribution in [0, 0.1) is 6.92 Å². The monoisotopic (exact) mass is 275 g/mol. The number of carbonyl (C=O) groups is 1. The van der Waals surface area contributed by atoms with E-state index in [-0.39, 0.29) is 11.3 Å². The molecule has 1 aromatic carbocycles. The van der Waals surface area contributed by atoms with Crippen LogP contribution in [-0.2, 0) is 0 Å². The Morgan fingerprint density at radius 1 is 1.37 bits per heavy atom. The van der Waals surface area contributed by atoms with E-state index in [1.807, 2.05) is 0 Å². The number of halogens is 3. The summed E-state index contributed by atoms with van der Waals surface area (Å²) in [7, 11) is 0. The Hall–Kier alpha value is -1.72. The molecule has 0 aromatic heterocycles. The van der Waals surface area contributed by atoms with Crippen LogP contribution in [0.1, 0.15) is 29.8 Å². The average Bonchev–Trinajstić information content (AvgIpc) is 2.27. The van der Waals surface area contributed by atoms with Crippen LogP contribution in [-0.4, -0.2) is 34.7 Å². The summed E-state index contributed by atoms with van der Waals surface area (Å²) >= 11 is 0. The number of aromatic hydroxyl groups is 1. The zero-order valence-corrected chi connectivity index (χ0v) is 11.0. The minimum atomic E-state index is -4.44. The zero-order valence-electron chi connectivity index (χ0n) is 11.0. The van der Waals surface area contributed by atoms with Gasteiger partial charge >= 0.3 is 6.18 Å². The number of rotatable bonds is 3. The molecule has 1 N–H and O–H groups in total. The maximum Gasteiger partial charge on any atom is 0.406 e. The van der Waals surface area contributed by atoms with E-state index >= 15 is 0 Å². The molecule has 0 fully saturated rings. The van der Waals surface area contributed by atoms with E-state index in [1.165, 1.54) is 32.0 Å². The van der Waals surface area contributed by atoms with Crippen LogP contribution in [0.15, 0.2) is 18.2 Å². The van der Waals surface area contributed by atoms with Crippen molar-refractivity contribution < 1.29 is 23.1 Å². The van der Waals surface area contributed by atoms with Crippen molar-refractivity contribution in [3.8, 4) is 5.75 Å². The first-order chi connectivity index (χ1) is 8.61. The number of aryl methyl sites for hydroxylation is 1. The van der Waals surface area contributed by atoms with E-state index in [0.29, 0.717) is 5.56 Å². The summed E-state index contributed by atoms with van der Waals surface area (Å²) in [6, 6.07) is 3.43. The average molecular weight is 275 g/mol. The van der Waals surface area contributed by atoms with Crippen LogP contribution in [0.5, 0.6) is 5.75 Å². The smallest absolute Gasteiger partial charge is 0.406 e. The summed E-state index contributed by atoms with van der Waals surface area (Å²) in [4.78, 5) is 12.8. The third kappa shape index (κ3) is 4.15. The molecule has 0 atom stereocenters. The molecule has 106 valence electrons. The first-order valence-corrected chi connectivity index (χ1v) is 5.79. The van der Waals surface area contributed by atoms with Crippen LogP contribution in [0.4, 0.5) is 13.2 Å². The van der Waals surface area contributed by atoms with Gasteiger partial charge in [0.05, 0.1) is 0 Å². The quantitative estimate of drug-likeness (QED) is 0.920. The Morgan fingerprint density at radius 3 is 2.37 bits per heavy atom. The lowest BCUT2D eigenvalue weighted by Gasteiger charge is -2.28. The number of phenols is 1. The van der Waals surface area contributed by atoms with Gasteiger partial charge in [-0.15, -0.1) is 0 Å². The fraction of sp³-hybridized carbons (Fsp3) is 0.462. The second-order valence-electron chi connectivity index (χ2n) is 4.64. The molecular weight excluding hydrogens is 259 g/mol. The molecule has 1 aromatic rings. The van der Waals surface area contributed by atoms with Crippen LogP contribution >= 0.6 is 0 Å². The van der Waals surface area contributed by atoms with Gasteiger partial charge in [-0.25, -0.2) is 0 Å². The Morgan fingerprint density at radius 2 is 1.95 bits per heavy atom. The molecule has 0 aliphatic heterocycles. The van der Waals surface area contributed by atoms with Crippen molar-refractivity contribution in [2.75, 3.05) is 6.54 Å². The highest BCUT2D eigenvalue weighted by Gasteiger charge is 2.34. The highest BCUT2D eigenvalue weighted by Crippen LogP contribution is 2.22. The second kappa shape index (κ2) is 5.50. The van der Waals surface area contributed by atoms with Gasteiger partial charge in [-0.05, 0) is 44.5 Å². The molecule has 0 aliphatic rings. The highest BCUT2D eigenvalue weighted by atomic mass is 19.4. The van der Waals surface area contributed by atoms with Gasteiger partial charge < -0.3 is 10.0 Å². The molecule has 0 spiro atoms. The Kier molecular flexibility index (Phi) is 4.44. The predicted molar refractivity (Wildman–Crippen MR) is 65.1 cm³/mol. The summed E-state index contributed by atoms with van der Waals surface area (Å²) in [6.07, 6.45) is -4.44. The molecule has 19 heavy (non-hydrogen) atoms. The van der Waals surface area contributed by atoms with Crippen LogP contribution in [0.3, 0.4) is 0 Å². The number of carbonyl (C=O) groups excluding carboxylic acids is 1. The van der Waals surface area contributed by atoms with Gasteiger partial charge in [0.15, 0.2) is 0 Å². The molecule has 1 amide bonds. The second-order valence-corrected chi connectivity index (χ2v) is 4.64. The summed E-state index contributed by atoms with van der Waals surface area (Å²) < 4.78 is 37.4. The SMILES string of the molecule is Cc1cc(C(=O)N(CC(F)(F)F)C(C)C)ccc1O. The van der Waals surface area contributed by atoms with E-state index in [0.717, 1.165) is 4.90 Å². The lowest BCUT2D eigenvalue weighted by atomic mass is 10.1. The van der Waals surface area contributed by atoms with Crippen molar-refractivity contribution >= 4 is 5.91 Å². The Balaban J connectivity index is 3.02. The molecular formula is C13H16F3NO2. The van der Waals surface area contributed by atoms with Gasteiger partial charge in [-0.3, -0.25) is 4.79 Å². The van der Waals surface area contributed by atoms with Crippen molar-refractivity contribution in [1.82, 2.24) is 4.90 Å². The van der Waals surface area contributed by atoms with Gasteiger partial charge in [0.1, 0.15) is 12.3 Å². The Bertz CT molecular complexity index is 469. The van der Waals surface area contributed by atoms with E-state index in [4.69, 9.17) is 0 Å². The molecule has 6 heteroatoms. The maximum absolute atomic E-state index is 12.5. The zero-order chi connectivity index (χ0) is 14.8. The first-order valence-electron chi connectivity index (χ1n) is 5.79. The minimum Gasteiger partial charge on any atom is -0.508 e. The maximum atomic E-state index is 12.5. The summed E-state index contributed by atoms with van der Waals surface area (Å²) in [5.74, 6) is -0.695. The van der Waals surface area contributed by atoms with Crippen molar-refractivity contribution in [2.45, 2.75) is 33.0 Å². The number of phenolic OH excluding ortho intramolecular Hbond substituents is 1. The van der Waals surface area contributed by atoms with Crippen LogP contribution in [0.2, 0.25) is 0 Å². The topological polar surface area (TPSA) is 40.5 Å². The lowest BCUT2D eigenvalue weighted by molar-refractivity contribution is -0.143. The number of alkyl halides is 3. The third-order valence-corrected chi connectivity index (χ3v) is 2.68. The van der Waals surface area contributed by atoms with Crippen molar-refractivity contribution in [2.24, 2.45) is 0 Å². The summed E-state index contributed by atoms with van der Waals surface area (Å²) in [6.45, 7) is 3.34. The predicted octanol–water partition coefficient (Wildman–Crippen LogP) is 3.11. The molecule has 3 nitrogen and oxygen atoms in total. The number of hydrogen-bond donors (Lipinski definition) is 1. The van der Waals surface area contributed by atoms with Gasteiger partial charge in [-0.1, -0.05) is 0 Å². The molecule has 0 unspecified atom stereocenters.